The summed E-state index contributed by atoms with van der Waals surface area (Å²) >= 11 is 0. The molecule has 170 valence electrons. The minimum Gasteiger partial charge on any atom is -0.497 e. The normalized spacial score (nSPS) is 19.3. The molecule has 2 aliphatic rings. The van der Waals surface area contributed by atoms with E-state index in [2.05, 4.69) is 65.7 Å². The van der Waals surface area contributed by atoms with Crippen molar-refractivity contribution >= 4 is 29.9 Å². The Labute approximate surface area is 199 Å². The van der Waals surface area contributed by atoms with Gasteiger partial charge in [0.05, 0.1) is 19.7 Å². The standard InChI is InChI=1S/C23H39N5O.HI/c1-5-24-23(25-16-21(27(2)3)18-8-9-18)26-17-22(28-14-6-7-15-28)19-10-12-20(29-4)13-11-19;/h10-13,18,21-22H,5-9,14-17H2,1-4H3,(H2,24,25,26);1H. The summed E-state index contributed by atoms with van der Waals surface area (Å²) < 4.78 is 5.34. The van der Waals surface area contributed by atoms with Gasteiger partial charge in [0.2, 0.25) is 0 Å². The molecule has 0 bridgehead atoms. The number of nitrogens with one attached hydrogen (secondary N) is 2. The lowest BCUT2D eigenvalue weighted by Gasteiger charge is -2.29. The molecular weight excluding hydrogens is 489 g/mol. The minimum atomic E-state index is 0. The van der Waals surface area contributed by atoms with Gasteiger partial charge in [-0.3, -0.25) is 9.89 Å². The molecule has 1 aromatic rings. The summed E-state index contributed by atoms with van der Waals surface area (Å²) in [6, 6.07) is 9.41. The molecule has 2 fully saturated rings. The largest absolute Gasteiger partial charge is 0.497 e. The second-order valence-electron chi connectivity index (χ2n) is 8.50. The molecular formula is C23H40IN5O. The highest BCUT2D eigenvalue weighted by atomic mass is 127. The summed E-state index contributed by atoms with van der Waals surface area (Å²) in [6.45, 7) is 7.03. The number of aliphatic imine (C=N–C) groups is 1. The predicted octanol–water partition coefficient (Wildman–Crippen LogP) is 3.35. The lowest BCUT2D eigenvalue weighted by molar-refractivity contribution is 0.245. The van der Waals surface area contributed by atoms with Crippen molar-refractivity contribution < 1.29 is 4.74 Å². The molecule has 0 radical (unpaired) electrons. The molecule has 3 rings (SSSR count). The summed E-state index contributed by atoms with van der Waals surface area (Å²) in [5.41, 5.74) is 1.33. The molecule has 2 N–H and O–H groups in total. The average molecular weight is 530 g/mol. The van der Waals surface area contributed by atoms with Gasteiger partial charge in [-0.2, -0.15) is 0 Å². The van der Waals surface area contributed by atoms with Crippen LogP contribution in [0.3, 0.4) is 0 Å². The second-order valence-corrected chi connectivity index (χ2v) is 8.50. The summed E-state index contributed by atoms with van der Waals surface area (Å²) in [4.78, 5) is 9.85. The Morgan fingerprint density at radius 3 is 2.37 bits per heavy atom. The first-order chi connectivity index (χ1) is 14.1. The van der Waals surface area contributed by atoms with Crippen molar-refractivity contribution in [1.29, 1.82) is 0 Å². The van der Waals surface area contributed by atoms with Gasteiger partial charge < -0.3 is 20.3 Å². The number of hydrogen-bond donors (Lipinski definition) is 2. The molecule has 1 saturated heterocycles. The zero-order valence-electron chi connectivity index (χ0n) is 19.1. The first-order valence-corrected chi connectivity index (χ1v) is 11.2. The van der Waals surface area contributed by atoms with Crippen LogP contribution in [0.5, 0.6) is 5.75 Å². The van der Waals surface area contributed by atoms with E-state index >= 15 is 0 Å². The number of likely N-dealkylation sites (N-methyl/N-ethyl adjacent to an activating group) is 1. The van der Waals surface area contributed by atoms with Crippen LogP contribution in [0.4, 0.5) is 0 Å². The van der Waals surface area contributed by atoms with Crippen LogP contribution in [-0.2, 0) is 0 Å². The summed E-state index contributed by atoms with van der Waals surface area (Å²) in [5, 5.41) is 7.06. The number of methoxy groups -OCH3 is 1. The molecule has 6 nitrogen and oxygen atoms in total. The van der Waals surface area contributed by atoms with Crippen molar-refractivity contribution in [2.75, 3.05) is 53.9 Å². The third kappa shape index (κ3) is 7.27. The van der Waals surface area contributed by atoms with E-state index in [-0.39, 0.29) is 24.0 Å². The Balaban J connectivity index is 0.00000320. The molecule has 0 amide bonds. The fourth-order valence-electron chi connectivity index (χ4n) is 4.27. The third-order valence-corrected chi connectivity index (χ3v) is 6.15. The molecule has 1 aliphatic heterocycles. The zero-order valence-corrected chi connectivity index (χ0v) is 21.4. The van der Waals surface area contributed by atoms with Gasteiger partial charge in [-0.15, -0.1) is 24.0 Å². The van der Waals surface area contributed by atoms with Crippen LogP contribution >= 0.6 is 24.0 Å². The van der Waals surface area contributed by atoms with Crippen LogP contribution in [0.1, 0.15) is 44.2 Å². The maximum Gasteiger partial charge on any atom is 0.191 e. The Morgan fingerprint density at radius 2 is 1.83 bits per heavy atom. The highest BCUT2D eigenvalue weighted by Crippen LogP contribution is 2.34. The van der Waals surface area contributed by atoms with Gasteiger partial charge in [0.1, 0.15) is 5.75 Å². The molecule has 0 aromatic heterocycles. The van der Waals surface area contributed by atoms with Gasteiger partial charge in [-0.05, 0) is 83.4 Å². The average Bonchev–Trinajstić information content (AvgIpc) is 3.41. The Bertz CT molecular complexity index is 639. The van der Waals surface area contributed by atoms with Gasteiger partial charge in [-0.25, -0.2) is 0 Å². The van der Waals surface area contributed by atoms with Gasteiger partial charge in [-0.1, -0.05) is 12.1 Å². The van der Waals surface area contributed by atoms with Gasteiger partial charge in [0.25, 0.3) is 0 Å². The van der Waals surface area contributed by atoms with E-state index < -0.39 is 0 Å². The van der Waals surface area contributed by atoms with Gasteiger partial charge in [0.15, 0.2) is 5.96 Å². The third-order valence-electron chi connectivity index (χ3n) is 6.15. The minimum absolute atomic E-state index is 0. The van der Waals surface area contributed by atoms with E-state index in [0.29, 0.717) is 12.1 Å². The quantitative estimate of drug-likeness (QED) is 0.277. The molecule has 2 unspecified atom stereocenters. The number of rotatable bonds is 10. The number of halogens is 1. The smallest absolute Gasteiger partial charge is 0.191 e. The summed E-state index contributed by atoms with van der Waals surface area (Å²) in [7, 11) is 6.06. The fourth-order valence-corrected chi connectivity index (χ4v) is 4.27. The summed E-state index contributed by atoms with van der Waals surface area (Å²) in [5.74, 6) is 2.65. The van der Waals surface area contributed by atoms with Crippen LogP contribution in [0.25, 0.3) is 0 Å². The van der Waals surface area contributed by atoms with Crippen molar-refractivity contribution in [3.63, 3.8) is 0 Å². The Kier molecular flexibility index (Phi) is 10.7. The molecule has 2 atom stereocenters. The highest BCUT2D eigenvalue weighted by Gasteiger charge is 2.32. The first kappa shape index (κ1) is 25.2. The lowest BCUT2D eigenvalue weighted by Crippen LogP contribution is -2.43. The maximum atomic E-state index is 5.34. The Morgan fingerprint density at radius 1 is 1.17 bits per heavy atom. The number of guanidine groups is 1. The van der Waals surface area contributed by atoms with E-state index in [4.69, 9.17) is 9.73 Å². The molecule has 7 heteroatoms. The molecule has 30 heavy (non-hydrogen) atoms. The number of likely N-dealkylation sites (tertiary alicyclic amines) is 1. The highest BCUT2D eigenvalue weighted by molar-refractivity contribution is 14.0. The number of hydrogen-bond acceptors (Lipinski definition) is 4. The molecule has 1 heterocycles. The van der Waals surface area contributed by atoms with Crippen LogP contribution in [-0.4, -0.2) is 75.7 Å². The fraction of sp³-hybridized carbons (Fsp3) is 0.696. The number of benzene rings is 1. The number of ether oxygens (including phenoxy) is 1. The van der Waals surface area contributed by atoms with E-state index in [1.807, 2.05) is 0 Å². The number of nitrogens with zero attached hydrogens (tertiary/aromatic N) is 3. The van der Waals surface area contributed by atoms with Crippen molar-refractivity contribution in [2.45, 2.75) is 44.7 Å². The lowest BCUT2D eigenvalue weighted by atomic mass is 10.1. The topological polar surface area (TPSA) is 52.1 Å². The summed E-state index contributed by atoms with van der Waals surface area (Å²) in [6.07, 6.45) is 5.26. The van der Waals surface area contributed by atoms with Crippen LogP contribution in [0, 0.1) is 5.92 Å². The predicted molar refractivity (Wildman–Crippen MR) is 136 cm³/mol. The van der Waals surface area contributed by atoms with E-state index in [1.54, 1.807) is 7.11 Å². The Hall–Kier alpha value is -1.06. The van der Waals surface area contributed by atoms with Crippen molar-refractivity contribution in [1.82, 2.24) is 20.4 Å². The van der Waals surface area contributed by atoms with Crippen LogP contribution < -0.4 is 15.4 Å². The maximum absolute atomic E-state index is 5.34. The van der Waals surface area contributed by atoms with Gasteiger partial charge >= 0.3 is 0 Å². The zero-order chi connectivity index (χ0) is 20.6. The second kappa shape index (κ2) is 12.7. The van der Waals surface area contributed by atoms with E-state index in [1.165, 1.54) is 31.2 Å². The van der Waals surface area contributed by atoms with Crippen molar-refractivity contribution in [3.8, 4) is 5.75 Å². The van der Waals surface area contributed by atoms with Crippen LogP contribution in [0.15, 0.2) is 29.3 Å². The molecule has 1 aliphatic carbocycles. The molecule has 1 aromatic carbocycles. The van der Waals surface area contributed by atoms with E-state index in [0.717, 1.165) is 50.4 Å². The first-order valence-electron chi connectivity index (χ1n) is 11.2. The van der Waals surface area contributed by atoms with Crippen molar-refractivity contribution in [3.05, 3.63) is 29.8 Å². The van der Waals surface area contributed by atoms with Crippen molar-refractivity contribution in [2.24, 2.45) is 10.9 Å². The van der Waals surface area contributed by atoms with Crippen LogP contribution in [0.2, 0.25) is 0 Å². The SMILES string of the molecule is CCNC(=NCC(C1CC1)N(C)C)NCC(c1ccc(OC)cc1)N1CCCC1.I. The van der Waals surface area contributed by atoms with E-state index in [9.17, 15) is 0 Å². The molecule has 0 spiro atoms. The monoisotopic (exact) mass is 529 g/mol. The molecule has 1 saturated carbocycles. The van der Waals surface area contributed by atoms with Gasteiger partial charge in [0, 0.05) is 19.1 Å².